The molecule has 0 aromatic heterocycles. The van der Waals surface area contributed by atoms with Crippen LogP contribution >= 0.6 is 11.8 Å². The highest BCUT2D eigenvalue weighted by molar-refractivity contribution is 8.01. The third-order valence-corrected chi connectivity index (χ3v) is 9.61. The minimum absolute atomic E-state index is 0.132. The summed E-state index contributed by atoms with van der Waals surface area (Å²) in [5.41, 5.74) is -0.0488. The summed E-state index contributed by atoms with van der Waals surface area (Å²) in [5, 5.41) is 24.8. The van der Waals surface area contributed by atoms with Crippen molar-refractivity contribution in [1.29, 1.82) is 0 Å². The number of hydrogen-bond donors (Lipinski definition) is 4. The van der Waals surface area contributed by atoms with Crippen molar-refractivity contribution in [3.8, 4) is 5.75 Å². The molecule has 0 aliphatic carbocycles. The van der Waals surface area contributed by atoms with Gasteiger partial charge in [0.2, 0.25) is 11.8 Å². The molecule has 0 aliphatic heterocycles. The van der Waals surface area contributed by atoms with Crippen molar-refractivity contribution in [2.45, 2.75) is 129 Å². The Balaban J connectivity index is 2.51. The van der Waals surface area contributed by atoms with Crippen LogP contribution in [-0.2, 0) is 9.59 Å². The van der Waals surface area contributed by atoms with Crippen LogP contribution in [0.5, 0.6) is 5.75 Å². The summed E-state index contributed by atoms with van der Waals surface area (Å²) in [4.78, 5) is 38.2. The molecule has 0 saturated heterocycles. The fourth-order valence-corrected chi connectivity index (χ4v) is 6.35. The lowest BCUT2D eigenvalue weighted by atomic mass is 9.98. The Labute approximate surface area is 276 Å². The number of rotatable bonds is 24. The molecule has 8 heteroatoms. The molecule has 1 atom stereocenters. The standard InChI is InChI=1S/C37H58N2O5S/c1-6-9-10-11-12-13-14-15-16-17-18-19-20-21-22-23-26-45-37(7-2,8-3)36(44)39-32(27-29(4)5)34(41)38-30-24-25-33(40)31(28-30)35(42)43/h9-10,12-13,15-16,24-25,28-29,32,40H,6-8,11,14,17-23,26-27H2,1-5H3,(H,38,41)(H,39,44)(H,42,43)/b10-9-,13-12-,16-15-. The van der Waals surface area contributed by atoms with E-state index in [9.17, 15) is 24.6 Å². The summed E-state index contributed by atoms with van der Waals surface area (Å²) in [6.07, 6.45) is 26.5. The SMILES string of the molecule is CC/C=C\C/C=C\C/C=C\CCCCCCCCSC(CC)(CC)C(=O)NC(CC(C)C)C(=O)Nc1ccc(O)c(C(=O)O)c1. The molecule has 0 radical (unpaired) electrons. The van der Waals surface area contributed by atoms with Gasteiger partial charge >= 0.3 is 5.97 Å². The quantitative estimate of drug-likeness (QED) is 0.0507. The number of thioether (sulfide) groups is 1. The lowest BCUT2D eigenvalue weighted by molar-refractivity contribution is -0.128. The molecule has 1 unspecified atom stereocenters. The third-order valence-electron chi connectivity index (χ3n) is 7.80. The molecule has 0 heterocycles. The van der Waals surface area contributed by atoms with Crippen molar-refractivity contribution in [3.05, 3.63) is 60.2 Å². The average molecular weight is 643 g/mol. The number of aromatic carboxylic acids is 1. The zero-order valence-corrected chi connectivity index (χ0v) is 29.1. The molecule has 7 nitrogen and oxygen atoms in total. The molecule has 0 fully saturated rings. The van der Waals surface area contributed by atoms with E-state index in [1.54, 1.807) is 11.8 Å². The third kappa shape index (κ3) is 16.2. The van der Waals surface area contributed by atoms with E-state index in [0.717, 1.165) is 44.3 Å². The van der Waals surface area contributed by atoms with Crippen LogP contribution in [0.3, 0.4) is 0 Å². The van der Waals surface area contributed by atoms with Crippen molar-refractivity contribution in [1.82, 2.24) is 5.32 Å². The van der Waals surface area contributed by atoms with Crippen LogP contribution in [0.2, 0.25) is 0 Å². The highest BCUT2D eigenvalue weighted by Crippen LogP contribution is 2.34. The van der Waals surface area contributed by atoms with Crippen LogP contribution in [0.15, 0.2) is 54.7 Å². The minimum Gasteiger partial charge on any atom is -0.507 e. The van der Waals surface area contributed by atoms with Crippen LogP contribution in [0.4, 0.5) is 5.69 Å². The number of phenols is 1. The number of unbranched alkanes of at least 4 members (excludes halogenated alkanes) is 6. The van der Waals surface area contributed by atoms with E-state index in [0.29, 0.717) is 19.3 Å². The molecule has 2 amide bonds. The summed E-state index contributed by atoms with van der Waals surface area (Å²) in [6.45, 7) is 10.2. The van der Waals surface area contributed by atoms with Gasteiger partial charge in [0, 0.05) is 5.69 Å². The summed E-state index contributed by atoms with van der Waals surface area (Å²) >= 11 is 1.69. The number of benzene rings is 1. The maximum Gasteiger partial charge on any atom is 0.339 e. The fourth-order valence-electron chi connectivity index (χ4n) is 5.01. The van der Waals surface area contributed by atoms with Gasteiger partial charge in [-0.05, 0) is 87.7 Å². The van der Waals surface area contributed by atoms with Crippen molar-refractivity contribution in [2.75, 3.05) is 11.1 Å². The first-order valence-electron chi connectivity index (χ1n) is 16.9. The number of aromatic hydroxyl groups is 1. The van der Waals surface area contributed by atoms with E-state index in [4.69, 9.17) is 0 Å². The lowest BCUT2D eigenvalue weighted by Crippen LogP contribution is -2.52. The molecule has 0 saturated carbocycles. The molecule has 1 aromatic carbocycles. The maximum absolute atomic E-state index is 13.6. The number of carbonyl (C=O) groups is 3. The Morgan fingerprint density at radius 1 is 0.867 bits per heavy atom. The largest absolute Gasteiger partial charge is 0.507 e. The van der Waals surface area contributed by atoms with Crippen molar-refractivity contribution in [2.24, 2.45) is 5.92 Å². The van der Waals surface area contributed by atoms with E-state index in [-0.39, 0.29) is 28.8 Å². The van der Waals surface area contributed by atoms with E-state index in [1.807, 2.05) is 27.7 Å². The molecule has 0 bridgehead atoms. The van der Waals surface area contributed by atoms with Crippen molar-refractivity contribution >= 4 is 35.2 Å². The second-order valence-corrected chi connectivity index (χ2v) is 13.4. The molecule has 1 rings (SSSR count). The van der Waals surface area contributed by atoms with Crippen LogP contribution in [0, 0.1) is 5.92 Å². The second-order valence-electron chi connectivity index (χ2n) is 11.9. The zero-order valence-electron chi connectivity index (χ0n) is 28.3. The van der Waals surface area contributed by atoms with Gasteiger partial charge in [0.15, 0.2) is 0 Å². The topological polar surface area (TPSA) is 116 Å². The number of carboxylic acid groups (broad SMARTS) is 1. The van der Waals surface area contributed by atoms with Gasteiger partial charge in [-0.1, -0.05) is 96.8 Å². The Morgan fingerprint density at radius 3 is 2.07 bits per heavy atom. The highest BCUT2D eigenvalue weighted by Gasteiger charge is 2.37. The number of anilines is 1. The molecule has 1 aromatic rings. The highest BCUT2D eigenvalue weighted by atomic mass is 32.2. The summed E-state index contributed by atoms with van der Waals surface area (Å²) in [5.74, 6) is -1.16. The molecular weight excluding hydrogens is 584 g/mol. The van der Waals surface area contributed by atoms with Crippen LogP contribution in [-0.4, -0.2) is 44.5 Å². The Hall–Kier alpha value is -3.00. The van der Waals surface area contributed by atoms with E-state index < -0.39 is 22.7 Å². The number of hydrogen-bond acceptors (Lipinski definition) is 5. The van der Waals surface area contributed by atoms with Gasteiger partial charge in [0.05, 0.1) is 4.75 Å². The van der Waals surface area contributed by atoms with Crippen LogP contribution in [0.25, 0.3) is 0 Å². The maximum atomic E-state index is 13.6. The number of carbonyl (C=O) groups excluding carboxylic acids is 2. The first-order valence-corrected chi connectivity index (χ1v) is 17.9. The van der Waals surface area contributed by atoms with E-state index in [2.05, 4.69) is 54.0 Å². The predicted molar refractivity (Wildman–Crippen MR) is 190 cm³/mol. The molecule has 0 aliphatic rings. The molecule has 252 valence electrons. The second kappa shape index (κ2) is 23.4. The smallest absolute Gasteiger partial charge is 0.339 e. The predicted octanol–water partition coefficient (Wildman–Crippen LogP) is 9.44. The molecule has 4 N–H and O–H groups in total. The number of carboxylic acids is 1. The molecular formula is C37H58N2O5S. The van der Waals surface area contributed by atoms with Crippen molar-refractivity contribution in [3.63, 3.8) is 0 Å². The molecule has 45 heavy (non-hydrogen) atoms. The van der Waals surface area contributed by atoms with Crippen molar-refractivity contribution < 1.29 is 24.6 Å². The Bertz CT molecular complexity index is 1110. The lowest BCUT2D eigenvalue weighted by Gasteiger charge is -2.32. The summed E-state index contributed by atoms with van der Waals surface area (Å²) < 4.78 is -0.613. The monoisotopic (exact) mass is 642 g/mol. The normalized spacial score (nSPS) is 12.8. The average Bonchev–Trinajstić information content (AvgIpc) is 3.01. The first-order chi connectivity index (χ1) is 21.6. The number of nitrogens with one attached hydrogen (secondary N) is 2. The Kier molecular flexibility index (Phi) is 20.8. The first kappa shape index (κ1) is 40.0. The Morgan fingerprint density at radius 2 is 1.47 bits per heavy atom. The zero-order chi connectivity index (χ0) is 33.5. The van der Waals surface area contributed by atoms with Gasteiger partial charge in [0.1, 0.15) is 17.4 Å². The number of allylic oxidation sites excluding steroid dienone is 6. The summed E-state index contributed by atoms with van der Waals surface area (Å²) in [7, 11) is 0. The van der Waals surface area contributed by atoms with E-state index >= 15 is 0 Å². The van der Waals surface area contributed by atoms with Gasteiger partial charge in [-0.15, -0.1) is 11.8 Å². The van der Waals surface area contributed by atoms with Gasteiger partial charge in [-0.25, -0.2) is 4.79 Å². The molecule has 0 spiro atoms. The van der Waals surface area contributed by atoms with Gasteiger partial charge in [-0.2, -0.15) is 0 Å². The minimum atomic E-state index is -1.29. The van der Waals surface area contributed by atoms with Crippen LogP contribution < -0.4 is 10.6 Å². The van der Waals surface area contributed by atoms with Crippen LogP contribution in [0.1, 0.15) is 128 Å². The fraction of sp³-hybridized carbons (Fsp3) is 0.595. The van der Waals surface area contributed by atoms with E-state index in [1.165, 1.54) is 43.9 Å². The van der Waals surface area contributed by atoms with Gasteiger partial charge in [-0.3, -0.25) is 9.59 Å². The number of amides is 2. The van der Waals surface area contributed by atoms with Gasteiger partial charge < -0.3 is 20.8 Å². The van der Waals surface area contributed by atoms with Gasteiger partial charge in [0.25, 0.3) is 0 Å². The summed E-state index contributed by atoms with van der Waals surface area (Å²) in [6, 6.07) is 3.12.